The summed E-state index contributed by atoms with van der Waals surface area (Å²) in [5.41, 5.74) is 0. The van der Waals surface area contributed by atoms with Gasteiger partial charge in [-0.15, -0.1) is 0 Å². The van der Waals surface area contributed by atoms with Crippen molar-refractivity contribution in [2.75, 3.05) is 13.1 Å². The van der Waals surface area contributed by atoms with Crippen molar-refractivity contribution in [2.45, 2.75) is 91.3 Å². The topological polar surface area (TPSA) is 21.7 Å². The Kier molecular flexibility index (Phi) is 10.2. The highest BCUT2D eigenvalue weighted by Crippen LogP contribution is 2.46. The molecule has 0 aromatic rings. The minimum absolute atomic E-state index is 0.214. The van der Waals surface area contributed by atoms with Gasteiger partial charge >= 0.3 is 0 Å². The Morgan fingerprint density at radius 3 is 1.27 bits per heavy atom. The first-order valence-corrected chi connectivity index (χ1v) is 17.2. The molecule has 0 bridgehead atoms. The zero-order valence-corrected chi connectivity index (χ0v) is 19.6. The molecule has 0 aromatic carbocycles. The molecule has 3 nitrogen and oxygen atoms in total. The standard InChI is InChI=1S/C16H40NO2PSi2/c1-15(2)18-20(19-16(3)4)17(11-13-21(5,6)7)12-14-22(8,9)10/h15-16H,11-14H2,1-10H3. The normalized spacial score (nSPS) is 13.9. The number of hydrogen-bond donors (Lipinski definition) is 0. The molecule has 0 aliphatic heterocycles. The summed E-state index contributed by atoms with van der Waals surface area (Å²) < 4.78 is 14.8. The first-order valence-electron chi connectivity index (χ1n) is 8.69. The zero-order chi connectivity index (χ0) is 17.6. The van der Waals surface area contributed by atoms with Gasteiger partial charge in [-0.25, -0.2) is 4.67 Å². The Morgan fingerprint density at radius 1 is 0.727 bits per heavy atom. The fourth-order valence-corrected chi connectivity index (χ4v) is 5.55. The highest BCUT2D eigenvalue weighted by atomic mass is 31.2. The summed E-state index contributed by atoms with van der Waals surface area (Å²) in [7, 11) is -3.03. The molecule has 0 spiro atoms. The van der Waals surface area contributed by atoms with Crippen LogP contribution < -0.4 is 0 Å². The second-order valence-corrected chi connectivity index (χ2v) is 21.8. The molecule has 0 aliphatic carbocycles. The average molecular weight is 366 g/mol. The first kappa shape index (κ1) is 22.7. The molecule has 0 amide bonds. The van der Waals surface area contributed by atoms with Crippen molar-refractivity contribution >= 4 is 24.7 Å². The minimum atomic E-state index is -1.05. The summed E-state index contributed by atoms with van der Waals surface area (Å²) in [6.45, 7) is 25.3. The Labute approximate surface area is 143 Å². The molecule has 0 heterocycles. The van der Waals surface area contributed by atoms with E-state index in [2.05, 4.69) is 71.6 Å². The second-order valence-electron chi connectivity index (χ2n) is 9.12. The fourth-order valence-electron chi connectivity index (χ4n) is 1.72. The lowest BCUT2D eigenvalue weighted by molar-refractivity contribution is 0.147. The molecule has 0 aromatic heterocycles. The highest BCUT2D eigenvalue weighted by molar-refractivity contribution is 7.44. The predicted molar refractivity (Wildman–Crippen MR) is 107 cm³/mol. The van der Waals surface area contributed by atoms with E-state index in [0.29, 0.717) is 0 Å². The Hall–Kier alpha value is 0.744. The van der Waals surface area contributed by atoms with Gasteiger partial charge in [0.05, 0.1) is 12.2 Å². The lowest BCUT2D eigenvalue weighted by Crippen LogP contribution is -2.34. The SMILES string of the molecule is CC(C)OP(OC(C)C)N(CC[Si](C)(C)C)CC[Si](C)(C)C. The zero-order valence-electron chi connectivity index (χ0n) is 16.7. The van der Waals surface area contributed by atoms with E-state index in [-0.39, 0.29) is 12.2 Å². The summed E-state index contributed by atoms with van der Waals surface area (Å²) >= 11 is 0. The van der Waals surface area contributed by atoms with Crippen molar-refractivity contribution in [1.82, 2.24) is 4.67 Å². The Bertz CT molecular complexity index is 274. The number of nitrogens with zero attached hydrogens (tertiary/aromatic N) is 1. The average Bonchev–Trinajstić information content (AvgIpc) is 2.23. The van der Waals surface area contributed by atoms with Gasteiger partial charge in [0.15, 0.2) is 0 Å². The van der Waals surface area contributed by atoms with Gasteiger partial charge < -0.3 is 9.05 Å². The number of rotatable bonds is 11. The van der Waals surface area contributed by atoms with Crippen LogP contribution in [0.3, 0.4) is 0 Å². The van der Waals surface area contributed by atoms with Crippen molar-refractivity contribution < 1.29 is 9.05 Å². The van der Waals surface area contributed by atoms with Crippen LogP contribution in [0.15, 0.2) is 0 Å². The molecule has 134 valence electrons. The first-order chi connectivity index (χ1) is 9.80. The lowest BCUT2D eigenvalue weighted by atomic mass is 10.5. The molecule has 0 fully saturated rings. The smallest absolute Gasteiger partial charge is 0.259 e. The van der Waals surface area contributed by atoms with Crippen molar-refractivity contribution in [1.29, 1.82) is 0 Å². The third-order valence-corrected chi connectivity index (χ3v) is 8.59. The largest absolute Gasteiger partial charge is 0.319 e. The van der Waals surface area contributed by atoms with Gasteiger partial charge in [0.25, 0.3) is 8.53 Å². The van der Waals surface area contributed by atoms with Crippen molar-refractivity contribution in [3.8, 4) is 0 Å². The quantitative estimate of drug-likeness (QED) is 0.329. The minimum Gasteiger partial charge on any atom is -0.319 e. The Morgan fingerprint density at radius 2 is 1.05 bits per heavy atom. The van der Waals surface area contributed by atoms with E-state index < -0.39 is 24.7 Å². The van der Waals surface area contributed by atoms with Crippen LogP contribution in [0, 0.1) is 0 Å². The maximum Gasteiger partial charge on any atom is 0.259 e. The van der Waals surface area contributed by atoms with Gasteiger partial charge in [-0.1, -0.05) is 39.3 Å². The van der Waals surface area contributed by atoms with Gasteiger partial charge in [-0.2, -0.15) is 0 Å². The molecular formula is C16H40NO2PSi2. The van der Waals surface area contributed by atoms with Gasteiger partial charge in [-0.05, 0) is 39.8 Å². The molecule has 0 atom stereocenters. The van der Waals surface area contributed by atoms with Gasteiger partial charge in [0, 0.05) is 29.2 Å². The van der Waals surface area contributed by atoms with E-state index in [9.17, 15) is 0 Å². The summed E-state index contributed by atoms with van der Waals surface area (Å²) in [5.74, 6) is 0. The van der Waals surface area contributed by atoms with Crippen LogP contribution in [0.2, 0.25) is 51.4 Å². The van der Waals surface area contributed by atoms with E-state index >= 15 is 0 Å². The van der Waals surface area contributed by atoms with E-state index in [1.807, 2.05) is 0 Å². The molecule has 6 heteroatoms. The van der Waals surface area contributed by atoms with E-state index in [1.165, 1.54) is 12.1 Å². The fraction of sp³-hybridized carbons (Fsp3) is 1.00. The van der Waals surface area contributed by atoms with E-state index in [4.69, 9.17) is 9.05 Å². The molecule has 0 unspecified atom stereocenters. The summed E-state index contributed by atoms with van der Waals surface area (Å²) in [6, 6.07) is 2.61. The van der Waals surface area contributed by atoms with Crippen molar-refractivity contribution in [3.63, 3.8) is 0 Å². The second kappa shape index (κ2) is 9.90. The molecule has 0 saturated heterocycles. The highest BCUT2D eigenvalue weighted by Gasteiger charge is 2.27. The molecule has 0 radical (unpaired) electrons. The summed E-state index contributed by atoms with van der Waals surface area (Å²) in [6.07, 6.45) is 0.428. The van der Waals surface area contributed by atoms with Gasteiger partial charge in [0.1, 0.15) is 0 Å². The van der Waals surface area contributed by atoms with Crippen LogP contribution in [0.1, 0.15) is 27.7 Å². The van der Waals surface area contributed by atoms with Crippen molar-refractivity contribution in [2.24, 2.45) is 0 Å². The maximum absolute atomic E-state index is 6.15. The van der Waals surface area contributed by atoms with Gasteiger partial charge in [-0.3, -0.25) is 0 Å². The molecule has 0 N–H and O–H groups in total. The molecule has 0 rings (SSSR count). The monoisotopic (exact) mass is 365 g/mol. The van der Waals surface area contributed by atoms with Crippen LogP contribution in [-0.2, 0) is 9.05 Å². The summed E-state index contributed by atoms with van der Waals surface area (Å²) in [4.78, 5) is 0. The van der Waals surface area contributed by atoms with E-state index in [1.54, 1.807) is 0 Å². The third kappa shape index (κ3) is 13.2. The van der Waals surface area contributed by atoms with Crippen LogP contribution in [0.25, 0.3) is 0 Å². The number of hydrogen-bond acceptors (Lipinski definition) is 3. The van der Waals surface area contributed by atoms with Crippen LogP contribution >= 0.6 is 8.53 Å². The van der Waals surface area contributed by atoms with Crippen LogP contribution in [0.5, 0.6) is 0 Å². The van der Waals surface area contributed by atoms with E-state index in [0.717, 1.165) is 13.1 Å². The summed E-state index contributed by atoms with van der Waals surface area (Å²) in [5, 5.41) is 0. The molecule has 0 aliphatic rings. The van der Waals surface area contributed by atoms with Crippen molar-refractivity contribution in [3.05, 3.63) is 0 Å². The Balaban J connectivity index is 4.93. The van der Waals surface area contributed by atoms with Gasteiger partial charge in [0.2, 0.25) is 0 Å². The predicted octanol–water partition coefficient (Wildman–Crippen LogP) is 6.04. The molecular weight excluding hydrogens is 325 g/mol. The maximum atomic E-state index is 6.15. The third-order valence-electron chi connectivity index (χ3n) is 3.07. The lowest BCUT2D eigenvalue weighted by Gasteiger charge is -2.34. The molecule has 0 saturated carbocycles. The molecule has 22 heavy (non-hydrogen) atoms. The van der Waals surface area contributed by atoms with Crippen LogP contribution in [0.4, 0.5) is 0 Å². The van der Waals surface area contributed by atoms with Crippen LogP contribution in [-0.4, -0.2) is 46.1 Å².